The van der Waals surface area contributed by atoms with Crippen molar-refractivity contribution in [3.63, 3.8) is 0 Å². The lowest BCUT2D eigenvalue weighted by Crippen LogP contribution is -2.74. The van der Waals surface area contributed by atoms with Crippen molar-refractivity contribution in [2.24, 2.45) is 0 Å². The van der Waals surface area contributed by atoms with E-state index in [2.05, 4.69) is 166 Å². The molecule has 0 bridgehead atoms. The van der Waals surface area contributed by atoms with Crippen LogP contribution in [0.3, 0.4) is 0 Å². The van der Waals surface area contributed by atoms with Gasteiger partial charge in [0, 0.05) is 12.0 Å². The van der Waals surface area contributed by atoms with Crippen molar-refractivity contribution in [3.8, 4) is 11.1 Å². The van der Waals surface area contributed by atoms with Gasteiger partial charge in [-0.3, -0.25) is 0 Å². The quantitative estimate of drug-likeness (QED) is 0.114. The van der Waals surface area contributed by atoms with Crippen molar-refractivity contribution in [1.82, 2.24) is 0 Å². The first-order chi connectivity index (χ1) is 19.5. The largest absolute Gasteiger partial charge is 0.241 e. The van der Waals surface area contributed by atoms with Gasteiger partial charge in [0.15, 0.2) is 14.1 Å². The molecule has 0 unspecified atom stereocenters. The van der Waals surface area contributed by atoms with Crippen molar-refractivity contribution in [2.45, 2.75) is 39.7 Å². The Morgan fingerprint density at radius 1 is 0.525 bits per heavy atom. The van der Waals surface area contributed by atoms with Crippen molar-refractivity contribution < 1.29 is 4.57 Å². The van der Waals surface area contributed by atoms with Gasteiger partial charge in [-0.2, -0.15) is 4.57 Å². The number of hydrogen-bond donors (Lipinski definition) is 0. The molecule has 6 rings (SSSR count). The highest BCUT2D eigenvalue weighted by Gasteiger charge is 2.41. The summed E-state index contributed by atoms with van der Waals surface area (Å²) in [5.74, 6) is 0.509. The second-order valence-corrected chi connectivity index (χ2v) is 16.0. The van der Waals surface area contributed by atoms with Gasteiger partial charge in [0.25, 0.3) is 0 Å². The van der Waals surface area contributed by atoms with Gasteiger partial charge >= 0.3 is 0 Å². The van der Waals surface area contributed by atoms with Crippen molar-refractivity contribution >= 4 is 50.4 Å². The third kappa shape index (κ3) is 4.53. The lowest BCUT2D eigenvalue weighted by Gasteiger charge is -2.34. The highest BCUT2D eigenvalue weighted by atomic mass is 32.1. The lowest BCUT2D eigenvalue weighted by molar-refractivity contribution is -0.695. The zero-order valence-corrected chi connectivity index (χ0v) is 25.5. The second-order valence-electron chi connectivity index (χ2n) is 11.2. The third-order valence-electron chi connectivity index (χ3n) is 7.95. The molecule has 0 atom stereocenters. The van der Waals surface area contributed by atoms with E-state index in [4.69, 9.17) is 0 Å². The molecule has 0 aliphatic rings. The average molecular weight is 555 g/mol. The van der Waals surface area contributed by atoms with Gasteiger partial charge in [-0.25, -0.2) is 0 Å². The third-order valence-corrected chi connectivity index (χ3v) is 14.2. The molecule has 198 valence electrons. The molecule has 0 N–H and O–H groups in total. The number of rotatable bonds is 7. The summed E-state index contributed by atoms with van der Waals surface area (Å²) in [5, 5.41) is 7.05. The first-order valence-corrected chi connectivity index (χ1v) is 17.1. The number of aromatic nitrogens is 1. The monoisotopic (exact) mass is 554 g/mol. The first kappa shape index (κ1) is 26.4. The molecule has 0 amide bonds. The van der Waals surface area contributed by atoms with Crippen LogP contribution >= 0.6 is 11.3 Å². The number of hydrogen-bond acceptors (Lipinski definition) is 1. The van der Waals surface area contributed by atoms with E-state index in [-0.39, 0.29) is 0 Å². The molecule has 0 saturated carbocycles. The van der Waals surface area contributed by atoms with Gasteiger partial charge in [-0.1, -0.05) is 140 Å². The second kappa shape index (κ2) is 11.0. The van der Waals surface area contributed by atoms with Gasteiger partial charge in [0.2, 0.25) is 10.5 Å². The Morgan fingerprint density at radius 2 is 0.975 bits per heavy atom. The summed E-state index contributed by atoms with van der Waals surface area (Å²) in [6, 6.07) is 50.3. The summed E-state index contributed by atoms with van der Waals surface area (Å²) >= 11 is 1.94. The molecule has 1 heterocycles. The molecule has 6 aromatic rings. The predicted octanol–water partition coefficient (Wildman–Crippen LogP) is 6.94. The standard InChI is InChI=1S/C37H36NSSi/c1-27(2)37-38(28(3)4)35-25-22-30(26-36(35)39-37)29-20-23-34(24-21-29)40(31-14-8-5-9-15-31,32-16-10-6-11-17-32)33-18-12-7-13-19-33/h5-28H,1-4H3/q+1. The maximum Gasteiger partial charge on any atom is 0.241 e. The molecular weight excluding hydrogens is 519 g/mol. The van der Waals surface area contributed by atoms with Gasteiger partial charge in [0.05, 0.1) is 0 Å². The van der Waals surface area contributed by atoms with E-state index in [1.54, 1.807) is 0 Å². The van der Waals surface area contributed by atoms with Crippen LogP contribution in [0.5, 0.6) is 0 Å². The van der Waals surface area contributed by atoms with Crippen LogP contribution in [-0.2, 0) is 0 Å². The van der Waals surface area contributed by atoms with E-state index < -0.39 is 8.07 Å². The molecule has 0 aliphatic carbocycles. The summed E-state index contributed by atoms with van der Waals surface area (Å²) in [5.41, 5.74) is 3.88. The van der Waals surface area contributed by atoms with E-state index >= 15 is 0 Å². The normalized spacial score (nSPS) is 11.9. The van der Waals surface area contributed by atoms with Crippen molar-refractivity contribution in [3.05, 3.63) is 138 Å². The van der Waals surface area contributed by atoms with Gasteiger partial charge < -0.3 is 0 Å². The van der Waals surface area contributed by atoms with E-state index in [0.29, 0.717) is 12.0 Å². The smallest absolute Gasteiger partial charge is 0.184 e. The number of fused-ring (bicyclic) bond motifs is 1. The zero-order valence-electron chi connectivity index (χ0n) is 23.7. The number of thiazole rings is 1. The minimum Gasteiger partial charge on any atom is -0.184 e. The fraction of sp³-hybridized carbons (Fsp3) is 0.162. The fourth-order valence-electron chi connectivity index (χ4n) is 6.16. The fourth-order valence-corrected chi connectivity index (χ4v) is 12.2. The summed E-state index contributed by atoms with van der Waals surface area (Å²) in [7, 11) is -2.50. The molecule has 0 fully saturated rings. The Morgan fingerprint density at radius 3 is 1.43 bits per heavy atom. The van der Waals surface area contributed by atoms with Crippen molar-refractivity contribution in [2.75, 3.05) is 0 Å². The van der Waals surface area contributed by atoms with Crippen LogP contribution in [0.2, 0.25) is 0 Å². The lowest BCUT2D eigenvalue weighted by atomic mass is 10.1. The first-order valence-electron chi connectivity index (χ1n) is 14.3. The number of benzene rings is 5. The molecular formula is C37H36NSSi+. The predicted molar refractivity (Wildman–Crippen MR) is 176 cm³/mol. The molecule has 5 aromatic carbocycles. The van der Waals surface area contributed by atoms with Crippen LogP contribution in [0.15, 0.2) is 133 Å². The van der Waals surface area contributed by atoms with Gasteiger partial charge in [0.1, 0.15) is 4.70 Å². The van der Waals surface area contributed by atoms with Crippen LogP contribution in [0, 0.1) is 0 Å². The average Bonchev–Trinajstić information content (AvgIpc) is 3.40. The zero-order chi connectivity index (χ0) is 27.7. The Hall–Kier alpha value is -3.79. The molecule has 40 heavy (non-hydrogen) atoms. The Bertz CT molecular complexity index is 1620. The minimum absolute atomic E-state index is 0.448. The molecule has 0 spiro atoms. The Labute approximate surface area is 243 Å². The van der Waals surface area contributed by atoms with E-state index in [1.165, 1.54) is 47.1 Å². The van der Waals surface area contributed by atoms with E-state index in [9.17, 15) is 0 Å². The molecule has 1 aromatic heterocycles. The maximum atomic E-state index is 2.51. The molecule has 1 nitrogen and oxygen atoms in total. The molecule has 3 heteroatoms. The Balaban J connectivity index is 1.51. The van der Waals surface area contributed by atoms with Crippen LogP contribution in [0.25, 0.3) is 21.3 Å². The van der Waals surface area contributed by atoms with Crippen LogP contribution in [0.1, 0.15) is 44.7 Å². The minimum atomic E-state index is -2.50. The molecule has 0 aliphatic heterocycles. The summed E-state index contributed by atoms with van der Waals surface area (Å²) in [4.78, 5) is 0. The Kier molecular flexibility index (Phi) is 7.27. The topological polar surface area (TPSA) is 3.88 Å². The SMILES string of the molecule is CC(C)c1sc2cc(-c3ccc([Si](c4ccccc4)(c4ccccc4)c4ccccc4)cc3)ccc2[n+]1C(C)C. The maximum absolute atomic E-state index is 2.51. The van der Waals surface area contributed by atoms with E-state index in [0.717, 1.165) is 0 Å². The molecule has 0 radical (unpaired) electrons. The summed E-state index contributed by atoms with van der Waals surface area (Å²) < 4.78 is 3.87. The summed E-state index contributed by atoms with van der Waals surface area (Å²) in [6.07, 6.45) is 0. The summed E-state index contributed by atoms with van der Waals surface area (Å²) in [6.45, 7) is 9.16. The van der Waals surface area contributed by atoms with E-state index in [1.807, 2.05) is 11.3 Å². The van der Waals surface area contributed by atoms with Crippen LogP contribution in [0.4, 0.5) is 0 Å². The van der Waals surface area contributed by atoms with Gasteiger partial charge in [-0.05, 0) is 57.9 Å². The van der Waals surface area contributed by atoms with Crippen LogP contribution in [-0.4, -0.2) is 8.07 Å². The molecule has 0 saturated heterocycles. The van der Waals surface area contributed by atoms with Gasteiger partial charge in [-0.15, -0.1) is 0 Å². The van der Waals surface area contributed by atoms with Crippen molar-refractivity contribution in [1.29, 1.82) is 0 Å². The number of nitrogens with zero attached hydrogens (tertiary/aromatic N) is 1. The highest BCUT2D eigenvalue weighted by Crippen LogP contribution is 2.31. The van der Waals surface area contributed by atoms with Crippen LogP contribution < -0.4 is 25.3 Å². The highest BCUT2D eigenvalue weighted by molar-refractivity contribution is 7.20.